The summed E-state index contributed by atoms with van der Waals surface area (Å²) in [5.74, 6) is 0. The summed E-state index contributed by atoms with van der Waals surface area (Å²) in [4.78, 5) is 4.58. The topological polar surface area (TPSA) is 6.48 Å². The Morgan fingerprint density at radius 3 is 1.58 bits per heavy atom. The molecule has 1 aliphatic carbocycles. The first-order valence-corrected chi connectivity index (χ1v) is 15.6. The molecule has 0 spiro atoms. The normalized spacial score (nSPS) is 12.4. The Labute approximate surface area is 266 Å². The molecule has 0 aromatic heterocycles. The van der Waals surface area contributed by atoms with E-state index in [2.05, 4.69) is 193 Å². The zero-order chi connectivity index (χ0) is 30.4. The third-order valence-corrected chi connectivity index (χ3v) is 8.50. The first-order valence-electron chi connectivity index (χ1n) is 15.6. The van der Waals surface area contributed by atoms with Gasteiger partial charge in [0.2, 0.25) is 0 Å². The lowest BCUT2D eigenvalue weighted by atomic mass is 9.99. The maximum Gasteiger partial charge on any atom is 0.0467 e. The fraction of sp³-hybridized carbons (Fsp3) is 0.0698. The molecule has 2 nitrogen and oxygen atoms in total. The Bertz CT molecular complexity index is 1940. The van der Waals surface area contributed by atoms with Crippen molar-refractivity contribution >= 4 is 34.0 Å². The van der Waals surface area contributed by atoms with Gasteiger partial charge in [-0.25, -0.2) is 0 Å². The molecule has 0 unspecified atom stereocenters. The summed E-state index contributed by atoms with van der Waals surface area (Å²) in [7, 11) is 2.13. The van der Waals surface area contributed by atoms with Gasteiger partial charge < -0.3 is 9.80 Å². The maximum atomic E-state index is 2.34. The lowest BCUT2D eigenvalue weighted by molar-refractivity contribution is 1.04. The Balaban J connectivity index is 1.14. The van der Waals surface area contributed by atoms with Crippen molar-refractivity contribution in [2.45, 2.75) is 12.8 Å². The zero-order valence-electron chi connectivity index (χ0n) is 25.6. The minimum atomic E-state index is 1.10. The first-order chi connectivity index (χ1) is 22.2. The molecular weight excluding hydrogens is 544 g/mol. The number of anilines is 5. The van der Waals surface area contributed by atoms with Gasteiger partial charge in [-0.2, -0.15) is 0 Å². The van der Waals surface area contributed by atoms with E-state index in [-0.39, 0.29) is 0 Å². The quantitative estimate of drug-likeness (QED) is 0.177. The number of benzene rings is 6. The van der Waals surface area contributed by atoms with Gasteiger partial charge in [-0.15, -0.1) is 0 Å². The first kappa shape index (κ1) is 28.2. The SMILES string of the molecule is CN(c1ccc(-c2ccc(N(c3ccccc3)c3cccc(C4=CCCC=C4)c3)cc2)cc1)c1cccc(-c2ccccc2)c1. The van der Waals surface area contributed by atoms with Crippen LogP contribution < -0.4 is 9.80 Å². The van der Waals surface area contributed by atoms with Crippen molar-refractivity contribution in [1.29, 1.82) is 0 Å². The molecule has 1 aliphatic rings. The number of allylic oxidation sites excluding steroid dienone is 4. The average molecular weight is 581 g/mol. The van der Waals surface area contributed by atoms with Gasteiger partial charge in [-0.1, -0.05) is 115 Å². The fourth-order valence-electron chi connectivity index (χ4n) is 6.03. The highest BCUT2D eigenvalue weighted by Gasteiger charge is 2.14. The van der Waals surface area contributed by atoms with E-state index in [0.29, 0.717) is 0 Å². The van der Waals surface area contributed by atoms with Crippen molar-refractivity contribution in [1.82, 2.24) is 0 Å². The molecule has 6 aromatic rings. The van der Waals surface area contributed by atoms with Gasteiger partial charge in [0.15, 0.2) is 0 Å². The van der Waals surface area contributed by atoms with Gasteiger partial charge in [0, 0.05) is 35.5 Å². The van der Waals surface area contributed by atoms with E-state index in [1.807, 2.05) is 0 Å². The minimum absolute atomic E-state index is 1.10. The van der Waals surface area contributed by atoms with Crippen LogP contribution in [0.15, 0.2) is 176 Å². The van der Waals surface area contributed by atoms with Crippen molar-refractivity contribution in [3.63, 3.8) is 0 Å². The monoisotopic (exact) mass is 580 g/mol. The van der Waals surface area contributed by atoms with Crippen molar-refractivity contribution in [3.05, 3.63) is 182 Å². The number of nitrogens with zero attached hydrogens (tertiary/aromatic N) is 2. The third kappa shape index (κ3) is 6.23. The van der Waals surface area contributed by atoms with Gasteiger partial charge in [-0.05, 0) is 107 Å². The van der Waals surface area contributed by atoms with Gasteiger partial charge in [0.1, 0.15) is 0 Å². The Kier molecular flexibility index (Phi) is 8.11. The molecule has 45 heavy (non-hydrogen) atoms. The summed E-state index contributed by atoms with van der Waals surface area (Å²) in [6, 6.07) is 56.5. The molecule has 0 N–H and O–H groups in total. The molecule has 0 saturated carbocycles. The Hall–Kier alpha value is -5.60. The summed E-state index contributed by atoms with van der Waals surface area (Å²) in [5.41, 5.74) is 13.1. The molecule has 6 aromatic carbocycles. The molecule has 0 radical (unpaired) electrons. The molecule has 2 heteroatoms. The van der Waals surface area contributed by atoms with Crippen LogP contribution in [0.1, 0.15) is 18.4 Å². The predicted octanol–water partition coefficient (Wildman–Crippen LogP) is 12.0. The lowest BCUT2D eigenvalue weighted by Gasteiger charge is -2.26. The van der Waals surface area contributed by atoms with Crippen molar-refractivity contribution < 1.29 is 0 Å². The number of hydrogen-bond donors (Lipinski definition) is 0. The smallest absolute Gasteiger partial charge is 0.0467 e. The van der Waals surface area contributed by atoms with E-state index < -0.39 is 0 Å². The van der Waals surface area contributed by atoms with E-state index in [4.69, 9.17) is 0 Å². The van der Waals surface area contributed by atoms with Crippen LogP contribution in [-0.4, -0.2) is 7.05 Å². The van der Waals surface area contributed by atoms with Crippen LogP contribution >= 0.6 is 0 Å². The maximum absolute atomic E-state index is 2.34. The summed E-state index contributed by atoms with van der Waals surface area (Å²) in [6.45, 7) is 0. The van der Waals surface area contributed by atoms with Gasteiger partial charge >= 0.3 is 0 Å². The largest absolute Gasteiger partial charge is 0.345 e. The highest BCUT2D eigenvalue weighted by Crippen LogP contribution is 2.37. The summed E-state index contributed by atoms with van der Waals surface area (Å²) in [5, 5.41) is 0. The second-order valence-corrected chi connectivity index (χ2v) is 11.4. The van der Waals surface area contributed by atoms with Crippen LogP contribution in [-0.2, 0) is 0 Å². The molecule has 7 rings (SSSR count). The van der Waals surface area contributed by atoms with Crippen LogP contribution in [0.4, 0.5) is 28.4 Å². The standard InChI is InChI=1S/C43H36N2/c1-44(42-21-11-17-37(31-42)33-13-5-2-6-14-33)39-27-23-35(24-28-39)36-25-29-41(30-26-36)45(40-19-9-4-10-20-40)43-22-12-18-38(32-43)34-15-7-3-8-16-34/h2,4-7,9-32H,3,8H2,1H3. The van der Waals surface area contributed by atoms with Gasteiger partial charge in [-0.3, -0.25) is 0 Å². The summed E-state index contributed by atoms with van der Waals surface area (Å²) >= 11 is 0. The Morgan fingerprint density at radius 2 is 0.911 bits per heavy atom. The second kappa shape index (κ2) is 13.0. The third-order valence-electron chi connectivity index (χ3n) is 8.50. The van der Waals surface area contributed by atoms with Crippen molar-refractivity contribution in [3.8, 4) is 22.3 Å². The highest BCUT2D eigenvalue weighted by atomic mass is 15.1. The predicted molar refractivity (Wildman–Crippen MR) is 193 cm³/mol. The molecule has 218 valence electrons. The number of hydrogen-bond acceptors (Lipinski definition) is 2. The molecule has 0 saturated heterocycles. The van der Waals surface area contributed by atoms with Gasteiger partial charge in [0.25, 0.3) is 0 Å². The number of para-hydroxylation sites is 1. The minimum Gasteiger partial charge on any atom is -0.345 e. The molecular formula is C43H36N2. The van der Waals surface area contributed by atoms with E-state index >= 15 is 0 Å². The van der Waals surface area contributed by atoms with E-state index in [9.17, 15) is 0 Å². The zero-order valence-corrected chi connectivity index (χ0v) is 25.6. The lowest BCUT2D eigenvalue weighted by Crippen LogP contribution is -2.10. The molecule has 0 heterocycles. The highest BCUT2D eigenvalue weighted by molar-refractivity contribution is 5.83. The average Bonchev–Trinajstić information content (AvgIpc) is 3.13. The molecule has 0 fully saturated rings. The van der Waals surface area contributed by atoms with Crippen molar-refractivity contribution in [2.75, 3.05) is 16.8 Å². The van der Waals surface area contributed by atoms with Crippen LogP contribution in [0, 0.1) is 0 Å². The summed E-state index contributed by atoms with van der Waals surface area (Å²) < 4.78 is 0. The molecule has 0 atom stereocenters. The van der Waals surface area contributed by atoms with Crippen LogP contribution in [0.25, 0.3) is 27.8 Å². The van der Waals surface area contributed by atoms with Crippen LogP contribution in [0.2, 0.25) is 0 Å². The van der Waals surface area contributed by atoms with Crippen LogP contribution in [0.3, 0.4) is 0 Å². The van der Waals surface area contributed by atoms with Crippen LogP contribution in [0.5, 0.6) is 0 Å². The summed E-state index contributed by atoms with van der Waals surface area (Å²) in [6.07, 6.45) is 9.07. The number of rotatable bonds is 8. The van der Waals surface area contributed by atoms with Gasteiger partial charge in [0.05, 0.1) is 0 Å². The molecule has 0 aliphatic heterocycles. The fourth-order valence-corrected chi connectivity index (χ4v) is 6.03. The van der Waals surface area contributed by atoms with E-state index in [1.54, 1.807) is 0 Å². The molecule has 0 amide bonds. The van der Waals surface area contributed by atoms with E-state index in [0.717, 1.165) is 41.3 Å². The van der Waals surface area contributed by atoms with E-state index in [1.165, 1.54) is 33.4 Å². The van der Waals surface area contributed by atoms with Crippen molar-refractivity contribution in [2.24, 2.45) is 0 Å². The molecule has 0 bridgehead atoms. The Morgan fingerprint density at radius 1 is 0.400 bits per heavy atom. The second-order valence-electron chi connectivity index (χ2n) is 11.4.